The number of carboxylic acid groups (broad SMARTS) is 1. The highest BCUT2D eigenvalue weighted by Crippen LogP contribution is 1.95. The second-order valence-corrected chi connectivity index (χ2v) is 4.50. The van der Waals surface area contributed by atoms with Gasteiger partial charge in [0.15, 0.2) is 9.84 Å². The summed E-state index contributed by atoms with van der Waals surface area (Å²) < 4.78 is 21.6. The summed E-state index contributed by atoms with van der Waals surface area (Å²) in [6, 6.07) is 0. The second-order valence-electron chi connectivity index (χ2n) is 2.32. The molecule has 11 heavy (non-hydrogen) atoms. The fourth-order valence-electron chi connectivity index (χ4n) is 0.616. The molecule has 0 aromatic rings. The molecule has 0 aromatic carbocycles. The van der Waals surface area contributed by atoms with Crippen molar-refractivity contribution < 1.29 is 18.3 Å². The molecule has 0 aliphatic carbocycles. The Balaban J connectivity index is 3.92. The van der Waals surface area contributed by atoms with Crippen LogP contribution in [0.3, 0.4) is 0 Å². The number of carbonyl (C=O) groups is 1. The molecule has 0 saturated heterocycles. The smallest absolute Gasteiger partial charge is 0.155 e. The van der Waals surface area contributed by atoms with Crippen LogP contribution in [-0.2, 0) is 14.6 Å². The lowest BCUT2D eigenvalue weighted by molar-refractivity contribution is -0.301. The minimum Gasteiger partial charge on any atom is -0.549 e. The summed E-state index contributed by atoms with van der Waals surface area (Å²) in [7, 11) is -3.41. The highest BCUT2D eigenvalue weighted by Gasteiger charge is 2.09. The van der Waals surface area contributed by atoms with Crippen molar-refractivity contribution in [3.05, 3.63) is 0 Å². The number of unbranched alkanes of at least 4 members (excludes halogenated alkanes) is 1. The largest absolute Gasteiger partial charge is 0.549 e. The zero-order chi connectivity index (χ0) is 8.91. The molecule has 0 unspecified atom stereocenters. The van der Waals surface area contributed by atoms with Gasteiger partial charge in [-0.3, -0.25) is 0 Å². The van der Waals surface area contributed by atoms with Crippen LogP contribution in [0.5, 0.6) is 0 Å². The van der Waals surface area contributed by atoms with Crippen molar-refractivity contribution >= 4 is 15.8 Å². The van der Waals surface area contributed by atoms with Crippen LogP contribution in [0.1, 0.15) is 19.8 Å². The molecule has 0 rings (SSSR count). The summed E-state index contributed by atoms with van der Waals surface area (Å²) in [6.45, 7) is 1.84. The van der Waals surface area contributed by atoms with Crippen LogP contribution in [0, 0.1) is 0 Å². The molecule has 0 aromatic heterocycles. The van der Waals surface area contributed by atoms with Crippen molar-refractivity contribution in [2.75, 3.05) is 11.5 Å². The van der Waals surface area contributed by atoms with Crippen LogP contribution in [0.2, 0.25) is 0 Å². The van der Waals surface area contributed by atoms with Crippen LogP contribution in [0.4, 0.5) is 0 Å². The third-order valence-corrected chi connectivity index (χ3v) is 2.73. The van der Waals surface area contributed by atoms with Crippen molar-refractivity contribution in [1.82, 2.24) is 0 Å². The van der Waals surface area contributed by atoms with Gasteiger partial charge >= 0.3 is 0 Å². The van der Waals surface area contributed by atoms with E-state index in [2.05, 4.69) is 0 Å². The van der Waals surface area contributed by atoms with Gasteiger partial charge < -0.3 is 9.90 Å². The third kappa shape index (κ3) is 5.84. The second kappa shape index (κ2) is 4.33. The Morgan fingerprint density at radius 3 is 2.36 bits per heavy atom. The molecule has 4 nitrogen and oxygen atoms in total. The van der Waals surface area contributed by atoms with Gasteiger partial charge in [0, 0.05) is 0 Å². The minimum absolute atomic E-state index is 0.0581. The first-order chi connectivity index (χ1) is 4.98. The first kappa shape index (κ1) is 10.4. The van der Waals surface area contributed by atoms with E-state index in [1.54, 1.807) is 0 Å². The summed E-state index contributed by atoms with van der Waals surface area (Å²) in [6.07, 6.45) is 1.25. The molecule has 0 aliphatic rings. The zero-order valence-corrected chi connectivity index (χ0v) is 7.19. The standard InChI is InChI=1S/C6H12O4S/c1-2-3-4-11(9,10)5-6(7)8/h2-5H2,1H3,(H,7,8)/p-1. The third-order valence-electron chi connectivity index (χ3n) is 1.15. The summed E-state index contributed by atoms with van der Waals surface area (Å²) in [4.78, 5) is 9.89. The van der Waals surface area contributed by atoms with E-state index in [1.807, 2.05) is 6.92 Å². The van der Waals surface area contributed by atoms with Crippen molar-refractivity contribution in [2.24, 2.45) is 0 Å². The number of carboxylic acids is 1. The van der Waals surface area contributed by atoms with Crippen molar-refractivity contribution in [3.63, 3.8) is 0 Å². The van der Waals surface area contributed by atoms with Gasteiger partial charge in [0.1, 0.15) is 0 Å². The van der Waals surface area contributed by atoms with Gasteiger partial charge in [-0.05, 0) is 6.42 Å². The molecule has 0 bridgehead atoms. The Morgan fingerprint density at radius 2 is 2.00 bits per heavy atom. The number of aliphatic carboxylic acids is 1. The van der Waals surface area contributed by atoms with Gasteiger partial charge in [0.25, 0.3) is 0 Å². The number of carbonyl (C=O) groups excluding carboxylic acids is 1. The number of hydrogen-bond acceptors (Lipinski definition) is 4. The Labute approximate surface area is 66.1 Å². The molecular weight excluding hydrogens is 168 g/mol. The van der Waals surface area contributed by atoms with E-state index in [9.17, 15) is 18.3 Å². The molecule has 0 aliphatic heterocycles. The van der Waals surface area contributed by atoms with E-state index in [1.165, 1.54) is 0 Å². The highest BCUT2D eigenvalue weighted by atomic mass is 32.2. The van der Waals surface area contributed by atoms with Gasteiger partial charge in [-0.25, -0.2) is 8.42 Å². The van der Waals surface area contributed by atoms with Gasteiger partial charge in [0.2, 0.25) is 0 Å². The molecule has 0 saturated carbocycles. The minimum atomic E-state index is -3.41. The number of rotatable bonds is 5. The van der Waals surface area contributed by atoms with E-state index in [0.29, 0.717) is 6.42 Å². The Morgan fingerprint density at radius 1 is 1.45 bits per heavy atom. The maximum absolute atomic E-state index is 10.8. The Hall–Kier alpha value is -0.580. The van der Waals surface area contributed by atoms with Crippen molar-refractivity contribution in [2.45, 2.75) is 19.8 Å². The molecule has 0 N–H and O–H groups in total. The lowest BCUT2D eigenvalue weighted by Gasteiger charge is -2.02. The predicted octanol–water partition coefficient (Wildman–Crippen LogP) is -1.05. The topological polar surface area (TPSA) is 74.3 Å². The molecular formula is C6H11O4S-. The van der Waals surface area contributed by atoms with Crippen LogP contribution < -0.4 is 5.11 Å². The highest BCUT2D eigenvalue weighted by molar-refractivity contribution is 7.92. The van der Waals surface area contributed by atoms with E-state index >= 15 is 0 Å². The SMILES string of the molecule is CCCCS(=O)(=O)CC(=O)[O-]. The molecule has 5 heteroatoms. The normalized spacial score (nSPS) is 11.4. The first-order valence-corrected chi connectivity index (χ1v) is 5.20. The average molecular weight is 179 g/mol. The average Bonchev–Trinajstić information content (AvgIpc) is 1.81. The summed E-state index contributed by atoms with van der Waals surface area (Å²) in [5.41, 5.74) is 0. The maximum Gasteiger partial charge on any atom is 0.155 e. The number of sulfone groups is 1. The Kier molecular flexibility index (Phi) is 4.10. The van der Waals surface area contributed by atoms with Crippen LogP contribution in [0.25, 0.3) is 0 Å². The maximum atomic E-state index is 10.8. The van der Waals surface area contributed by atoms with Crippen molar-refractivity contribution in [3.8, 4) is 0 Å². The van der Waals surface area contributed by atoms with E-state index < -0.39 is 21.6 Å². The molecule has 66 valence electrons. The predicted molar refractivity (Wildman–Crippen MR) is 38.6 cm³/mol. The molecule has 0 radical (unpaired) electrons. The van der Waals surface area contributed by atoms with Crippen LogP contribution >= 0.6 is 0 Å². The lowest BCUT2D eigenvalue weighted by Crippen LogP contribution is -2.31. The first-order valence-electron chi connectivity index (χ1n) is 3.38. The lowest BCUT2D eigenvalue weighted by atomic mass is 10.4. The molecule has 0 amide bonds. The summed E-state index contributed by atoms with van der Waals surface area (Å²) in [5, 5.41) is 9.89. The number of hydrogen-bond donors (Lipinski definition) is 0. The van der Waals surface area contributed by atoms with Crippen molar-refractivity contribution in [1.29, 1.82) is 0 Å². The van der Waals surface area contributed by atoms with E-state index in [0.717, 1.165) is 6.42 Å². The van der Waals surface area contributed by atoms with Gasteiger partial charge in [-0.2, -0.15) is 0 Å². The quantitative estimate of drug-likeness (QED) is 0.539. The van der Waals surface area contributed by atoms with Gasteiger partial charge in [-0.15, -0.1) is 0 Å². The fourth-order valence-corrected chi connectivity index (χ4v) is 1.85. The van der Waals surface area contributed by atoms with Gasteiger partial charge in [-0.1, -0.05) is 13.3 Å². The summed E-state index contributed by atoms with van der Waals surface area (Å²) >= 11 is 0. The molecule has 0 heterocycles. The molecule has 0 spiro atoms. The molecule has 0 atom stereocenters. The Bertz CT molecular complexity index is 217. The van der Waals surface area contributed by atoms with E-state index in [4.69, 9.17) is 0 Å². The monoisotopic (exact) mass is 179 g/mol. The summed E-state index contributed by atoms with van der Waals surface area (Å²) in [5.74, 6) is -2.44. The van der Waals surface area contributed by atoms with Crippen LogP contribution in [0.15, 0.2) is 0 Å². The molecule has 0 fully saturated rings. The zero-order valence-electron chi connectivity index (χ0n) is 6.37. The van der Waals surface area contributed by atoms with Gasteiger partial charge in [0.05, 0.1) is 17.5 Å². The van der Waals surface area contributed by atoms with E-state index in [-0.39, 0.29) is 5.75 Å². The van der Waals surface area contributed by atoms with Crippen LogP contribution in [-0.4, -0.2) is 25.9 Å². The fraction of sp³-hybridized carbons (Fsp3) is 0.833.